The molecular formula is C5H6Cl2O. The quantitative estimate of drug-likeness (QED) is 0.437. The van der Waals surface area contributed by atoms with Gasteiger partial charge in [0.15, 0.2) is 5.78 Å². The standard InChI is InChI=1S/C5H6Cl2O/c1-4(8)2-5(7)3-6/h2H,3H2,1H3/b5-2+. The van der Waals surface area contributed by atoms with Crippen molar-refractivity contribution in [2.45, 2.75) is 6.92 Å². The Kier molecular flexibility index (Phi) is 3.92. The molecule has 0 spiro atoms. The number of alkyl halides is 1. The molecule has 0 rings (SSSR count). The van der Waals surface area contributed by atoms with E-state index in [1.54, 1.807) is 0 Å². The van der Waals surface area contributed by atoms with E-state index >= 15 is 0 Å². The third kappa shape index (κ3) is 4.16. The number of carbonyl (C=O) groups is 1. The van der Waals surface area contributed by atoms with E-state index in [0.717, 1.165) is 0 Å². The number of rotatable bonds is 2. The Morgan fingerprint density at radius 2 is 2.25 bits per heavy atom. The SMILES string of the molecule is CC(=O)/C=C(/Cl)CCl. The number of hydrogen-bond donors (Lipinski definition) is 0. The third-order valence-electron chi connectivity index (χ3n) is 0.488. The molecule has 0 fully saturated rings. The Morgan fingerprint density at radius 1 is 1.75 bits per heavy atom. The van der Waals surface area contributed by atoms with E-state index in [1.165, 1.54) is 13.0 Å². The van der Waals surface area contributed by atoms with Crippen LogP contribution < -0.4 is 0 Å². The summed E-state index contributed by atoms with van der Waals surface area (Å²) in [5.74, 6) is 0.136. The van der Waals surface area contributed by atoms with Crippen molar-refractivity contribution in [3.05, 3.63) is 11.1 Å². The summed E-state index contributed by atoms with van der Waals surface area (Å²) in [7, 11) is 0. The van der Waals surface area contributed by atoms with Gasteiger partial charge in [-0.05, 0) is 13.0 Å². The lowest BCUT2D eigenvalue weighted by Crippen LogP contribution is -1.83. The highest BCUT2D eigenvalue weighted by atomic mass is 35.5. The second kappa shape index (κ2) is 3.93. The fourth-order valence-electron chi connectivity index (χ4n) is 0.259. The minimum Gasteiger partial charge on any atom is -0.295 e. The molecule has 1 nitrogen and oxygen atoms in total. The van der Waals surface area contributed by atoms with E-state index in [1.807, 2.05) is 0 Å². The lowest BCUT2D eigenvalue weighted by atomic mass is 10.4. The molecule has 3 heteroatoms. The highest BCUT2D eigenvalue weighted by Gasteiger charge is 1.89. The van der Waals surface area contributed by atoms with Gasteiger partial charge in [0.25, 0.3) is 0 Å². The third-order valence-corrected chi connectivity index (χ3v) is 1.16. The predicted octanol–water partition coefficient (Wildman–Crippen LogP) is 1.94. The number of halogens is 2. The van der Waals surface area contributed by atoms with Crippen LogP contribution in [0.5, 0.6) is 0 Å². The van der Waals surface area contributed by atoms with Gasteiger partial charge in [-0.25, -0.2) is 0 Å². The van der Waals surface area contributed by atoms with Crippen molar-refractivity contribution < 1.29 is 4.79 Å². The van der Waals surface area contributed by atoms with Gasteiger partial charge in [0, 0.05) is 5.03 Å². The number of allylic oxidation sites excluding steroid dienone is 2. The molecule has 0 N–H and O–H groups in total. The van der Waals surface area contributed by atoms with Crippen LogP contribution in [0.25, 0.3) is 0 Å². The minimum atomic E-state index is -0.0735. The number of carbonyl (C=O) groups excluding carboxylic acids is 1. The van der Waals surface area contributed by atoms with Gasteiger partial charge < -0.3 is 0 Å². The summed E-state index contributed by atoms with van der Waals surface area (Å²) >= 11 is 10.6. The maximum absolute atomic E-state index is 10.2. The molecule has 0 radical (unpaired) electrons. The molecule has 0 heterocycles. The van der Waals surface area contributed by atoms with Crippen LogP contribution in [-0.4, -0.2) is 11.7 Å². The van der Waals surface area contributed by atoms with Crippen molar-refractivity contribution in [1.29, 1.82) is 0 Å². The normalized spacial score (nSPS) is 11.6. The summed E-state index contributed by atoms with van der Waals surface area (Å²) in [5, 5.41) is 0.388. The summed E-state index contributed by atoms with van der Waals surface area (Å²) < 4.78 is 0. The molecule has 0 unspecified atom stereocenters. The topological polar surface area (TPSA) is 17.1 Å². The molecular weight excluding hydrogens is 147 g/mol. The van der Waals surface area contributed by atoms with E-state index in [-0.39, 0.29) is 11.7 Å². The molecule has 46 valence electrons. The van der Waals surface area contributed by atoms with E-state index in [2.05, 4.69) is 0 Å². The second-order valence-electron chi connectivity index (χ2n) is 1.34. The van der Waals surface area contributed by atoms with Crippen LogP contribution in [0.15, 0.2) is 11.1 Å². The molecule has 0 amide bonds. The van der Waals surface area contributed by atoms with Crippen LogP contribution in [0.2, 0.25) is 0 Å². The molecule has 0 atom stereocenters. The minimum absolute atomic E-state index is 0.0735. The first kappa shape index (κ1) is 7.99. The van der Waals surface area contributed by atoms with E-state index in [0.29, 0.717) is 5.03 Å². The summed E-state index contributed by atoms with van der Waals surface area (Å²) in [4.78, 5) is 10.2. The molecule has 0 saturated heterocycles. The van der Waals surface area contributed by atoms with Crippen molar-refractivity contribution in [3.63, 3.8) is 0 Å². The van der Waals surface area contributed by atoms with Crippen LogP contribution in [0, 0.1) is 0 Å². The van der Waals surface area contributed by atoms with Crippen LogP contribution >= 0.6 is 23.2 Å². The molecule has 0 saturated carbocycles. The maximum Gasteiger partial charge on any atom is 0.153 e. The van der Waals surface area contributed by atoms with Crippen molar-refractivity contribution in [2.24, 2.45) is 0 Å². The molecule has 0 aliphatic heterocycles. The van der Waals surface area contributed by atoms with E-state index in [9.17, 15) is 4.79 Å². The fraction of sp³-hybridized carbons (Fsp3) is 0.400. The lowest BCUT2D eigenvalue weighted by molar-refractivity contribution is -0.112. The maximum atomic E-state index is 10.2. The predicted molar refractivity (Wildman–Crippen MR) is 35.3 cm³/mol. The van der Waals surface area contributed by atoms with Gasteiger partial charge in [0.2, 0.25) is 0 Å². The summed E-state index contributed by atoms with van der Waals surface area (Å²) in [5.41, 5.74) is 0. The zero-order valence-electron chi connectivity index (χ0n) is 4.45. The Labute approximate surface area is 58.3 Å². The Hall–Kier alpha value is -0.0100. The van der Waals surface area contributed by atoms with Gasteiger partial charge in [0.1, 0.15) is 0 Å². The van der Waals surface area contributed by atoms with Crippen molar-refractivity contribution in [3.8, 4) is 0 Å². The van der Waals surface area contributed by atoms with Gasteiger partial charge in [-0.3, -0.25) is 4.79 Å². The lowest BCUT2D eigenvalue weighted by Gasteiger charge is -1.83. The number of ketones is 1. The molecule has 0 aromatic carbocycles. The first-order chi connectivity index (χ1) is 3.66. The zero-order chi connectivity index (χ0) is 6.57. The molecule has 8 heavy (non-hydrogen) atoms. The summed E-state index contributed by atoms with van der Waals surface area (Å²) in [6, 6.07) is 0. The summed E-state index contributed by atoms with van der Waals surface area (Å²) in [6.45, 7) is 1.43. The smallest absolute Gasteiger partial charge is 0.153 e. The molecule has 0 bridgehead atoms. The first-order valence-electron chi connectivity index (χ1n) is 2.09. The first-order valence-corrected chi connectivity index (χ1v) is 3.00. The molecule has 0 aromatic rings. The van der Waals surface area contributed by atoms with Crippen LogP contribution in [-0.2, 0) is 4.79 Å². The van der Waals surface area contributed by atoms with Gasteiger partial charge in [-0.15, -0.1) is 11.6 Å². The highest BCUT2D eigenvalue weighted by Crippen LogP contribution is 2.02. The van der Waals surface area contributed by atoms with Crippen molar-refractivity contribution >= 4 is 29.0 Å². The summed E-state index contributed by atoms with van der Waals surface area (Å²) in [6.07, 6.45) is 1.30. The molecule has 0 aliphatic rings. The van der Waals surface area contributed by atoms with Gasteiger partial charge in [-0.2, -0.15) is 0 Å². The average molecular weight is 153 g/mol. The van der Waals surface area contributed by atoms with Crippen LogP contribution in [0.4, 0.5) is 0 Å². The molecule has 0 aromatic heterocycles. The average Bonchev–Trinajstić information content (AvgIpc) is 1.65. The largest absolute Gasteiger partial charge is 0.295 e. The zero-order valence-corrected chi connectivity index (χ0v) is 5.96. The monoisotopic (exact) mass is 152 g/mol. The highest BCUT2D eigenvalue weighted by molar-refractivity contribution is 6.36. The Balaban J connectivity index is 3.75. The van der Waals surface area contributed by atoms with Crippen molar-refractivity contribution in [2.75, 3.05) is 5.88 Å². The van der Waals surface area contributed by atoms with Crippen LogP contribution in [0.3, 0.4) is 0 Å². The van der Waals surface area contributed by atoms with Gasteiger partial charge in [0.05, 0.1) is 5.88 Å². The van der Waals surface area contributed by atoms with E-state index < -0.39 is 0 Å². The fourth-order valence-corrected chi connectivity index (χ4v) is 0.490. The second-order valence-corrected chi connectivity index (χ2v) is 2.09. The van der Waals surface area contributed by atoms with Gasteiger partial charge in [-0.1, -0.05) is 11.6 Å². The Bertz CT molecular complexity index is 118. The molecule has 0 aliphatic carbocycles. The van der Waals surface area contributed by atoms with Crippen LogP contribution in [0.1, 0.15) is 6.92 Å². The van der Waals surface area contributed by atoms with Crippen molar-refractivity contribution in [1.82, 2.24) is 0 Å². The number of hydrogen-bond acceptors (Lipinski definition) is 1. The van der Waals surface area contributed by atoms with Gasteiger partial charge >= 0.3 is 0 Å². The Morgan fingerprint density at radius 3 is 2.38 bits per heavy atom. The van der Waals surface area contributed by atoms with E-state index in [4.69, 9.17) is 23.2 Å².